The largest absolute Gasteiger partial charge is 0.316 e. The van der Waals surface area contributed by atoms with Gasteiger partial charge in [0.2, 0.25) is 0 Å². The van der Waals surface area contributed by atoms with E-state index in [9.17, 15) is 0 Å². The van der Waals surface area contributed by atoms with Crippen molar-refractivity contribution in [2.24, 2.45) is 0 Å². The fourth-order valence-corrected chi connectivity index (χ4v) is 3.15. The summed E-state index contributed by atoms with van der Waals surface area (Å²) >= 11 is 8.33. The number of nitrogens with zero attached hydrogens (tertiary/aromatic N) is 2. The van der Waals surface area contributed by atoms with Gasteiger partial charge in [0, 0.05) is 24.8 Å². The third-order valence-electron chi connectivity index (χ3n) is 2.97. The molecule has 0 aliphatic heterocycles. The van der Waals surface area contributed by atoms with Gasteiger partial charge in [-0.2, -0.15) is 16.9 Å². The van der Waals surface area contributed by atoms with Gasteiger partial charge in [0.05, 0.1) is 16.4 Å². The van der Waals surface area contributed by atoms with E-state index in [1.165, 1.54) is 12.2 Å². The lowest BCUT2D eigenvalue weighted by Crippen LogP contribution is -2.31. The Balaban J connectivity index is 2.68. The van der Waals surface area contributed by atoms with Crippen molar-refractivity contribution in [2.45, 2.75) is 46.2 Å². The Morgan fingerprint density at radius 2 is 2.17 bits per heavy atom. The van der Waals surface area contributed by atoms with Gasteiger partial charge >= 0.3 is 0 Å². The van der Waals surface area contributed by atoms with Crippen molar-refractivity contribution in [3.05, 3.63) is 16.4 Å². The molecule has 0 spiro atoms. The Morgan fingerprint density at radius 1 is 1.44 bits per heavy atom. The standard InChI is InChI=1S/C13H24ClN3S/c1-5-7-18-9-11(15-4)8-12-13(14)10(3)16-17(12)6-2/h11,15H,5-9H2,1-4H3. The molecule has 1 N–H and O–H groups in total. The van der Waals surface area contributed by atoms with E-state index >= 15 is 0 Å². The maximum Gasteiger partial charge on any atom is 0.0847 e. The zero-order valence-electron chi connectivity index (χ0n) is 11.8. The molecule has 18 heavy (non-hydrogen) atoms. The van der Waals surface area contributed by atoms with E-state index < -0.39 is 0 Å². The van der Waals surface area contributed by atoms with Gasteiger partial charge in [-0.15, -0.1) is 0 Å². The molecule has 1 aromatic heterocycles. The van der Waals surface area contributed by atoms with E-state index in [1.54, 1.807) is 0 Å². The lowest BCUT2D eigenvalue weighted by atomic mass is 10.1. The zero-order valence-corrected chi connectivity index (χ0v) is 13.4. The van der Waals surface area contributed by atoms with Gasteiger partial charge in [-0.25, -0.2) is 0 Å². The van der Waals surface area contributed by atoms with Crippen molar-refractivity contribution < 1.29 is 0 Å². The predicted octanol–water partition coefficient (Wildman–Crippen LogP) is 3.14. The highest BCUT2D eigenvalue weighted by Crippen LogP contribution is 2.22. The van der Waals surface area contributed by atoms with E-state index in [1.807, 2.05) is 30.4 Å². The first-order chi connectivity index (χ1) is 8.63. The monoisotopic (exact) mass is 289 g/mol. The average Bonchev–Trinajstić information content (AvgIpc) is 2.65. The number of likely N-dealkylation sites (N-methyl/N-ethyl adjacent to an activating group) is 1. The second kappa shape index (κ2) is 8.08. The maximum absolute atomic E-state index is 6.34. The van der Waals surface area contributed by atoms with Crippen LogP contribution in [-0.2, 0) is 13.0 Å². The molecule has 0 saturated heterocycles. The summed E-state index contributed by atoms with van der Waals surface area (Å²) in [6.07, 6.45) is 2.18. The first-order valence-corrected chi connectivity index (χ1v) is 8.14. The molecular formula is C13H24ClN3S. The molecule has 0 fully saturated rings. The molecule has 104 valence electrons. The van der Waals surface area contributed by atoms with Crippen LogP contribution in [-0.4, -0.2) is 34.4 Å². The lowest BCUT2D eigenvalue weighted by Gasteiger charge is -2.16. The van der Waals surface area contributed by atoms with E-state index in [-0.39, 0.29) is 0 Å². The lowest BCUT2D eigenvalue weighted by molar-refractivity contribution is 0.556. The molecule has 0 saturated carbocycles. The average molecular weight is 290 g/mol. The summed E-state index contributed by atoms with van der Waals surface area (Å²) in [6.45, 7) is 7.17. The number of rotatable bonds is 8. The normalized spacial score (nSPS) is 12.9. The second-order valence-corrected chi connectivity index (χ2v) is 5.95. The van der Waals surface area contributed by atoms with Crippen molar-refractivity contribution in [3.63, 3.8) is 0 Å². The topological polar surface area (TPSA) is 29.9 Å². The van der Waals surface area contributed by atoms with Gasteiger partial charge in [0.1, 0.15) is 0 Å². The molecule has 1 atom stereocenters. The highest BCUT2D eigenvalue weighted by Gasteiger charge is 2.16. The summed E-state index contributed by atoms with van der Waals surface area (Å²) in [5.41, 5.74) is 2.10. The van der Waals surface area contributed by atoms with Crippen molar-refractivity contribution in [3.8, 4) is 0 Å². The van der Waals surface area contributed by atoms with Crippen LogP contribution in [0.15, 0.2) is 0 Å². The van der Waals surface area contributed by atoms with Crippen molar-refractivity contribution in [2.75, 3.05) is 18.6 Å². The summed E-state index contributed by atoms with van der Waals surface area (Å²) in [5, 5.41) is 8.67. The van der Waals surface area contributed by atoms with Gasteiger partial charge in [-0.1, -0.05) is 18.5 Å². The summed E-state index contributed by atoms with van der Waals surface area (Å²) in [7, 11) is 2.02. The van der Waals surface area contributed by atoms with E-state index in [4.69, 9.17) is 11.6 Å². The van der Waals surface area contributed by atoms with Gasteiger partial charge in [-0.3, -0.25) is 4.68 Å². The molecule has 0 bridgehead atoms. The van der Waals surface area contributed by atoms with Gasteiger partial charge in [0.25, 0.3) is 0 Å². The molecule has 0 radical (unpaired) electrons. The number of hydrogen-bond donors (Lipinski definition) is 1. The van der Waals surface area contributed by atoms with Gasteiger partial charge in [-0.05, 0) is 33.1 Å². The highest BCUT2D eigenvalue weighted by atomic mass is 35.5. The fraction of sp³-hybridized carbons (Fsp3) is 0.769. The molecule has 1 heterocycles. The minimum absolute atomic E-state index is 0.459. The number of thioether (sulfide) groups is 1. The fourth-order valence-electron chi connectivity index (χ4n) is 1.91. The van der Waals surface area contributed by atoms with Crippen molar-refractivity contribution >= 4 is 23.4 Å². The van der Waals surface area contributed by atoms with E-state index in [0.717, 1.165) is 35.1 Å². The van der Waals surface area contributed by atoms with Crippen LogP contribution >= 0.6 is 23.4 Å². The third kappa shape index (κ3) is 4.18. The SMILES string of the molecule is CCCSCC(Cc1c(Cl)c(C)nn1CC)NC. The van der Waals surface area contributed by atoms with Crippen LogP contribution in [0.1, 0.15) is 31.7 Å². The number of halogens is 1. The molecule has 3 nitrogen and oxygen atoms in total. The molecule has 0 amide bonds. The first kappa shape index (κ1) is 15.9. The maximum atomic E-state index is 6.34. The van der Waals surface area contributed by atoms with Gasteiger partial charge < -0.3 is 5.32 Å². The summed E-state index contributed by atoms with van der Waals surface area (Å²) in [6, 6.07) is 0.459. The van der Waals surface area contributed by atoms with E-state index in [0.29, 0.717) is 6.04 Å². The van der Waals surface area contributed by atoms with Gasteiger partial charge in [0.15, 0.2) is 0 Å². The van der Waals surface area contributed by atoms with Crippen LogP contribution in [0.5, 0.6) is 0 Å². The number of nitrogens with one attached hydrogen (secondary N) is 1. The van der Waals surface area contributed by atoms with Crippen LogP contribution in [0, 0.1) is 6.92 Å². The van der Waals surface area contributed by atoms with Crippen LogP contribution in [0.25, 0.3) is 0 Å². The zero-order chi connectivity index (χ0) is 13.5. The van der Waals surface area contributed by atoms with E-state index in [2.05, 4.69) is 24.3 Å². The molecule has 1 unspecified atom stereocenters. The number of aromatic nitrogens is 2. The van der Waals surface area contributed by atoms with Crippen LogP contribution in [0.2, 0.25) is 5.02 Å². The number of hydrogen-bond acceptors (Lipinski definition) is 3. The molecule has 0 aliphatic carbocycles. The molecule has 0 aliphatic rings. The Hall–Kier alpha value is -0.190. The van der Waals surface area contributed by atoms with Crippen molar-refractivity contribution in [1.82, 2.24) is 15.1 Å². The Bertz CT molecular complexity index is 365. The van der Waals surface area contributed by atoms with Crippen LogP contribution < -0.4 is 5.32 Å². The molecule has 1 aromatic rings. The molecule has 0 aromatic carbocycles. The predicted molar refractivity (Wildman–Crippen MR) is 81.8 cm³/mol. The number of aryl methyl sites for hydroxylation is 2. The Morgan fingerprint density at radius 3 is 2.72 bits per heavy atom. The summed E-state index contributed by atoms with van der Waals surface area (Å²) in [5.74, 6) is 2.34. The minimum Gasteiger partial charge on any atom is -0.316 e. The summed E-state index contributed by atoms with van der Waals surface area (Å²) < 4.78 is 2.02. The van der Waals surface area contributed by atoms with Crippen LogP contribution in [0.3, 0.4) is 0 Å². The minimum atomic E-state index is 0.459. The van der Waals surface area contributed by atoms with Crippen molar-refractivity contribution in [1.29, 1.82) is 0 Å². The Kier molecular flexibility index (Phi) is 7.12. The molecule has 5 heteroatoms. The molecular weight excluding hydrogens is 266 g/mol. The Labute approximate surface area is 120 Å². The first-order valence-electron chi connectivity index (χ1n) is 6.60. The summed E-state index contributed by atoms with van der Waals surface area (Å²) in [4.78, 5) is 0. The highest BCUT2D eigenvalue weighted by molar-refractivity contribution is 7.99. The second-order valence-electron chi connectivity index (χ2n) is 4.43. The smallest absolute Gasteiger partial charge is 0.0847 e. The quantitative estimate of drug-likeness (QED) is 0.746. The third-order valence-corrected chi connectivity index (χ3v) is 4.79. The molecule has 1 rings (SSSR count). The van der Waals surface area contributed by atoms with Crippen LogP contribution in [0.4, 0.5) is 0 Å².